The summed E-state index contributed by atoms with van der Waals surface area (Å²) in [6.45, 7) is 2.34. The van der Waals surface area contributed by atoms with E-state index in [1.54, 1.807) is 12.3 Å². The SMILES string of the molecule is C[C@H](NC(=O)C1CC(O)CN1)c1ccco1. The van der Waals surface area contributed by atoms with E-state index in [1.807, 2.05) is 13.0 Å². The van der Waals surface area contributed by atoms with Crippen molar-refractivity contribution in [3.63, 3.8) is 0 Å². The molecule has 1 fully saturated rings. The quantitative estimate of drug-likeness (QED) is 0.684. The van der Waals surface area contributed by atoms with Gasteiger partial charge in [-0.15, -0.1) is 0 Å². The first-order valence-corrected chi connectivity index (χ1v) is 5.42. The van der Waals surface area contributed by atoms with Gasteiger partial charge in [-0.25, -0.2) is 0 Å². The van der Waals surface area contributed by atoms with Crippen LogP contribution in [0.3, 0.4) is 0 Å². The maximum Gasteiger partial charge on any atom is 0.237 e. The fourth-order valence-electron chi connectivity index (χ4n) is 1.84. The number of carbonyl (C=O) groups is 1. The Morgan fingerprint density at radius 2 is 2.56 bits per heavy atom. The second kappa shape index (κ2) is 4.67. The summed E-state index contributed by atoms with van der Waals surface area (Å²) < 4.78 is 5.20. The largest absolute Gasteiger partial charge is 0.467 e. The van der Waals surface area contributed by atoms with Gasteiger partial charge in [0.15, 0.2) is 0 Å². The molecular formula is C11H16N2O3. The topological polar surface area (TPSA) is 74.5 Å². The monoisotopic (exact) mass is 224 g/mol. The Morgan fingerprint density at radius 1 is 1.75 bits per heavy atom. The van der Waals surface area contributed by atoms with Crippen LogP contribution in [0.4, 0.5) is 0 Å². The number of nitrogens with one attached hydrogen (secondary N) is 2. The van der Waals surface area contributed by atoms with Crippen molar-refractivity contribution in [2.24, 2.45) is 0 Å². The third kappa shape index (κ3) is 2.43. The predicted octanol–water partition coefficient (Wildman–Crippen LogP) is 0.180. The Kier molecular flexibility index (Phi) is 3.26. The molecule has 5 nitrogen and oxygen atoms in total. The molecule has 1 aromatic heterocycles. The molecule has 0 spiro atoms. The Labute approximate surface area is 93.8 Å². The van der Waals surface area contributed by atoms with Gasteiger partial charge in [-0.1, -0.05) is 0 Å². The van der Waals surface area contributed by atoms with E-state index in [9.17, 15) is 9.90 Å². The van der Waals surface area contributed by atoms with Crippen LogP contribution in [0.25, 0.3) is 0 Å². The van der Waals surface area contributed by atoms with Crippen molar-refractivity contribution in [3.8, 4) is 0 Å². The Morgan fingerprint density at radius 3 is 3.12 bits per heavy atom. The van der Waals surface area contributed by atoms with Crippen molar-refractivity contribution in [1.82, 2.24) is 10.6 Å². The van der Waals surface area contributed by atoms with Gasteiger partial charge in [0.05, 0.1) is 24.5 Å². The zero-order valence-electron chi connectivity index (χ0n) is 9.14. The number of hydrogen-bond donors (Lipinski definition) is 3. The molecule has 16 heavy (non-hydrogen) atoms. The molecule has 2 heterocycles. The minimum atomic E-state index is -0.422. The van der Waals surface area contributed by atoms with E-state index in [1.165, 1.54) is 0 Å². The van der Waals surface area contributed by atoms with E-state index in [4.69, 9.17) is 4.42 Å². The first-order valence-electron chi connectivity index (χ1n) is 5.42. The van der Waals surface area contributed by atoms with Crippen molar-refractivity contribution in [2.45, 2.75) is 31.5 Å². The summed E-state index contributed by atoms with van der Waals surface area (Å²) in [6.07, 6.45) is 1.63. The summed E-state index contributed by atoms with van der Waals surface area (Å²) in [6, 6.07) is 3.16. The first kappa shape index (κ1) is 11.2. The van der Waals surface area contributed by atoms with E-state index in [2.05, 4.69) is 10.6 Å². The van der Waals surface area contributed by atoms with Crippen LogP contribution in [-0.4, -0.2) is 29.7 Å². The average Bonchev–Trinajstić information content (AvgIpc) is 2.87. The standard InChI is InChI=1S/C11H16N2O3/c1-7(10-3-2-4-16-10)13-11(15)9-5-8(14)6-12-9/h2-4,7-9,12,14H,5-6H2,1H3,(H,13,15)/t7-,8?,9?/m0/s1. The lowest BCUT2D eigenvalue weighted by Crippen LogP contribution is -2.41. The second-order valence-electron chi connectivity index (χ2n) is 4.10. The van der Waals surface area contributed by atoms with E-state index in [0.29, 0.717) is 13.0 Å². The van der Waals surface area contributed by atoms with Gasteiger partial charge in [0, 0.05) is 6.54 Å². The molecule has 1 aliphatic heterocycles. The molecule has 0 aliphatic carbocycles. The zero-order valence-corrected chi connectivity index (χ0v) is 9.14. The molecule has 5 heteroatoms. The zero-order chi connectivity index (χ0) is 11.5. The summed E-state index contributed by atoms with van der Waals surface area (Å²) in [5.74, 6) is 0.632. The molecule has 1 aliphatic rings. The Hall–Kier alpha value is -1.33. The molecular weight excluding hydrogens is 208 g/mol. The third-order valence-corrected chi connectivity index (χ3v) is 2.75. The minimum absolute atomic E-state index is 0.0968. The molecule has 3 atom stereocenters. The lowest BCUT2D eigenvalue weighted by molar-refractivity contribution is -0.123. The molecule has 2 rings (SSSR count). The lowest BCUT2D eigenvalue weighted by Gasteiger charge is -2.15. The average molecular weight is 224 g/mol. The van der Waals surface area contributed by atoms with Gasteiger partial charge >= 0.3 is 0 Å². The van der Waals surface area contributed by atoms with Gasteiger partial charge < -0.3 is 20.2 Å². The van der Waals surface area contributed by atoms with Gasteiger partial charge in [0.25, 0.3) is 0 Å². The Balaban J connectivity index is 1.88. The highest BCUT2D eigenvalue weighted by molar-refractivity contribution is 5.82. The second-order valence-corrected chi connectivity index (χ2v) is 4.10. The highest BCUT2D eigenvalue weighted by Crippen LogP contribution is 2.13. The number of β-amino-alcohol motifs (C(OH)–C–C–N with tert-alkyl or cyclic N) is 1. The van der Waals surface area contributed by atoms with Crippen LogP contribution in [0.5, 0.6) is 0 Å². The maximum atomic E-state index is 11.8. The van der Waals surface area contributed by atoms with Crippen molar-refractivity contribution in [2.75, 3.05) is 6.54 Å². The van der Waals surface area contributed by atoms with Crippen molar-refractivity contribution >= 4 is 5.91 Å². The number of rotatable bonds is 3. The predicted molar refractivity (Wildman–Crippen MR) is 57.7 cm³/mol. The molecule has 0 radical (unpaired) electrons. The van der Waals surface area contributed by atoms with Crippen molar-refractivity contribution in [3.05, 3.63) is 24.2 Å². The van der Waals surface area contributed by atoms with Crippen LogP contribution >= 0.6 is 0 Å². The molecule has 3 N–H and O–H groups in total. The molecule has 0 bridgehead atoms. The summed E-state index contributed by atoms with van der Waals surface area (Å²) >= 11 is 0. The van der Waals surface area contributed by atoms with Gasteiger partial charge in [-0.05, 0) is 25.5 Å². The van der Waals surface area contributed by atoms with Gasteiger partial charge in [-0.2, -0.15) is 0 Å². The number of hydrogen-bond acceptors (Lipinski definition) is 4. The number of amides is 1. The highest BCUT2D eigenvalue weighted by Gasteiger charge is 2.28. The number of aliphatic hydroxyl groups excluding tert-OH is 1. The fourth-order valence-corrected chi connectivity index (χ4v) is 1.84. The molecule has 1 amide bonds. The third-order valence-electron chi connectivity index (χ3n) is 2.75. The summed E-state index contributed by atoms with van der Waals surface area (Å²) in [5.41, 5.74) is 0. The number of aliphatic hydroxyl groups is 1. The summed E-state index contributed by atoms with van der Waals surface area (Å²) in [7, 11) is 0. The fraction of sp³-hybridized carbons (Fsp3) is 0.545. The molecule has 2 unspecified atom stereocenters. The molecule has 0 aromatic carbocycles. The molecule has 0 saturated carbocycles. The van der Waals surface area contributed by atoms with Gasteiger partial charge in [0.2, 0.25) is 5.91 Å². The van der Waals surface area contributed by atoms with Crippen molar-refractivity contribution < 1.29 is 14.3 Å². The van der Waals surface area contributed by atoms with E-state index in [0.717, 1.165) is 5.76 Å². The van der Waals surface area contributed by atoms with Crippen LogP contribution in [0, 0.1) is 0 Å². The smallest absolute Gasteiger partial charge is 0.237 e. The van der Waals surface area contributed by atoms with Crippen LogP contribution in [0.1, 0.15) is 25.1 Å². The highest BCUT2D eigenvalue weighted by atomic mass is 16.3. The minimum Gasteiger partial charge on any atom is -0.467 e. The van der Waals surface area contributed by atoms with E-state index >= 15 is 0 Å². The van der Waals surface area contributed by atoms with Crippen LogP contribution in [-0.2, 0) is 4.79 Å². The summed E-state index contributed by atoms with van der Waals surface area (Å²) in [4.78, 5) is 11.8. The van der Waals surface area contributed by atoms with Crippen LogP contribution in [0.2, 0.25) is 0 Å². The molecule has 1 saturated heterocycles. The molecule has 1 aromatic rings. The van der Waals surface area contributed by atoms with E-state index < -0.39 is 6.10 Å². The van der Waals surface area contributed by atoms with Gasteiger partial charge in [0.1, 0.15) is 5.76 Å². The first-order chi connectivity index (χ1) is 7.66. The lowest BCUT2D eigenvalue weighted by atomic mass is 10.1. The maximum absolute atomic E-state index is 11.8. The Bertz CT molecular complexity index is 350. The normalized spacial score (nSPS) is 26.6. The summed E-state index contributed by atoms with van der Waals surface area (Å²) in [5, 5.41) is 15.1. The van der Waals surface area contributed by atoms with Crippen molar-refractivity contribution in [1.29, 1.82) is 0 Å². The van der Waals surface area contributed by atoms with Gasteiger partial charge in [-0.3, -0.25) is 4.79 Å². The van der Waals surface area contributed by atoms with Crippen LogP contribution < -0.4 is 10.6 Å². The number of furan rings is 1. The van der Waals surface area contributed by atoms with Crippen LogP contribution in [0.15, 0.2) is 22.8 Å². The number of carbonyl (C=O) groups excluding carboxylic acids is 1. The van der Waals surface area contributed by atoms with E-state index in [-0.39, 0.29) is 18.0 Å². The molecule has 88 valence electrons.